The molecule has 0 saturated heterocycles. The molecular formula is C37H69N7O7. The number of hydrogen-bond acceptors (Lipinski definition) is 9. The highest BCUT2D eigenvalue weighted by Crippen LogP contribution is 2.13. The van der Waals surface area contributed by atoms with Crippen molar-refractivity contribution in [3.8, 4) is 0 Å². The summed E-state index contributed by atoms with van der Waals surface area (Å²) in [7, 11) is 1.53. The van der Waals surface area contributed by atoms with Crippen molar-refractivity contribution in [3.05, 3.63) is 18.2 Å². The molecule has 3 atom stereocenters. The molecular weight excluding hydrogens is 654 g/mol. The van der Waals surface area contributed by atoms with E-state index in [4.69, 9.17) is 9.47 Å². The number of rotatable bonds is 34. The first-order valence-electron chi connectivity index (χ1n) is 19.4. The maximum absolute atomic E-state index is 13.0. The molecule has 1 rings (SSSR count). The number of hydrogen-bond donors (Lipinski definition) is 7. The highest BCUT2D eigenvalue weighted by atomic mass is 16.5. The predicted molar refractivity (Wildman–Crippen MR) is 199 cm³/mol. The Morgan fingerprint density at radius 1 is 0.765 bits per heavy atom. The average Bonchev–Trinajstić information content (AvgIpc) is 3.64. The van der Waals surface area contributed by atoms with Gasteiger partial charge in [-0.1, -0.05) is 104 Å². The fraction of sp³-hybridized carbons (Fsp3) is 0.811. The summed E-state index contributed by atoms with van der Waals surface area (Å²) in [5, 5.41) is 24.3. The predicted octanol–water partition coefficient (Wildman–Crippen LogP) is 3.40. The summed E-state index contributed by atoms with van der Waals surface area (Å²) in [6.45, 7) is 4.86. The molecule has 0 aliphatic heterocycles. The fourth-order valence-electron chi connectivity index (χ4n) is 5.57. The lowest BCUT2D eigenvalue weighted by Gasteiger charge is -2.22. The Morgan fingerprint density at radius 2 is 1.39 bits per heavy atom. The number of nitrogens with one attached hydrogen (secondary N) is 6. The molecule has 7 N–H and O–H groups in total. The summed E-state index contributed by atoms with van der Waals surface area (Å²) in [6.07, 6.45) is 21.2. The lowest BCUT2D eigenvalue weighted by molar-refractivity contribution is -0.131. The summed E-state index contributed by atoms with van der Waals surface area (Å²) in [4.78, 5) is 56.5. The third kappa shape index (κ3) is 25.5. The van der Waals surface area contributed by atoms with Crippen LogP contribution in [0.25, 0.3) is 0 Å². The standard InChI is InChI=1S/C37H69N7O7/c1-4-6-8-9-10-11-12-13-14-15-16-17-18-20-33(45)41-27-34(46)44-32(25-30-26-39-29-42-30)37(49)40-21-22-50-23-24-51-28-35(47)43-31(19-7-5-2)36(48)38-3/h26,29,31-32,34,44,46H,4-25,27-28H2,1-3H3,(H,38,48)(H,39,42)(H,40,49)(H,41,45)(H,43,47)/t31-,32-,34+/m0/s1. The van der Waals surface area contributed by atoms with Gasteiger partial charge in [-0.15, -0.1) is 0 Å². The zero-order valence-electron chi connectivity index (χ0n) is 31.7. The molecule has 0 fully saturated rings. The van der Waals surface area contributed by atoms with Crippen LogP contribution in [-0.4, -0.2) is 104 Å². The molecule has 1 aromatic heterocycles. The van der Waals surface area contributed by atoms with Crippen LogP contribution in [0.4, 0.5) is 0 Å². The van der Waals surface area contributed by atoms with Gasteiger partial charge in [-0.3, -0.25) is 24.5 Å². The second-order valence-electron chi connectivity index (χ2n) is 13.1. The molecule has 0 aliphatic rings. The van der Waals surface area contributed by atoms with E-state index in [1.165, 1.54) is 77.6 Å². The van der Waals surface area contributed by atoms with Gasteiger partial charge in [0.25, 0.3) is 0 Å². The van der Waals surface area contributed by atoms with Crippen LogP contribution in [0.15, 0.2) is 12.5 Å². The topological polar surface area (TPSA) is 196 Å². The van der Waals surface area contributed by atoms with Crippen molar-refractivity contribution in [2.45, 2.75) is 148 Å². The number of aromatic amines is 1. The first-order valence-corrected chi connectivity index (χ1v) is 19.4. The van der Waals surface area contributed by atoms with Gasteiger partial charge in [0.15, 0.2) is 0 Å². The number of unbranched alkanes of at least 4 members (excludes halogenated alkanes) is 13. The summed E-state index contributed by atoms with van der Waals surface area (Å²) in [5.41, 5.74) is 0.644. The van der Waals surface area contributed by atoms with Crippen LogP contribution in [0, 0.1) is 0 Å². The van der Waals surface area contributed by atoms with Gasteiger partial charge in [-0.05, 0) is 12.8 Å². The third-order valence-corrected chi connectivity index (χ3v) is 8.57. The van der Waals surface area contributed by atoms with E-state index in [2.05, 4.69) is 43.5 Å². The molecule has 14 nitrogen and oxygen atoms in total. The number of ether oxygens (including phenoxy) is 2. The van der Waals surface area contributed by atoms with Crippen LogP contribution in [0.3, 0.4) is 0 Å². The largest absolute Gasteiger partial charge is 0.377 e. The van der Waals surface area contributed by atoms with E-state index in [1.54, 1.807) is 6.20 Å². The molecule has 294 valence electrons. The van der Waals surface area contributed by atoms with Crippen LogP contribution in [-0.2, 0) is 35.1 Å². The van der Waals surface area contributed by atoms with Crippen LogP contribution < -0.4 is 26.6 Å². The fourth-order valence-corrected chi connectivity index (χ4v) is 5.57. The zero-order chi connectivity index (χ0) is 37.4. The molecule has 51 heavy (non-hydrogen) atoms. The van der Waals surface area contributed by atoms with Crippen molar-refractivity contribution < 1.29 is 33.8 Å². The number of imidazole rings is 1. The van der Waals surface area contributed by atoms with Crippen molar-refractivity contribution in [1.29, 1.82) is 0 Å². The molecule has 0 spiro atoms. The molecule has 1 aromatic rings. The number of aliphatic hydroxyl groups excluding tert-OH is 1. The minimum atomic E-state index is -1.13. The number of aromatic nitrogens is 2. The lowest BCUT2D eigenvalue weighted by Crippen LogP contribution is -2.53. The average molecular weight is 724 g/mol. The van der Waals surface area contributed by atoms with Crippen molar-refractivity contribution in [3.63, 3.8) is 0 Å². The third-order valence-electron chi connectivity index (χ3n) is 8.57. The minimum absolute atomic E-state index is 0.0199. The normalized spacial score (nSPS) is 12.9. The molecule has 4 amide bonds. The van der Waals surface area contributed by atoms with Gasteiger partial charge in [-0.2, -0.15) is 0 Å². The van der Waals surface area contributed by atoms with E-state index >= 15 is 0 Å². The van der Waals surface area contributed by atoms with E-state index in [0.717, 1.165) is 32.1 Å². The van der Waals surface area contributed by atoms with Gasteiger partial charge >= 0.3 is 0 Å². The molecule has 0 unspecified atom stereocenters. The summed E-state index contributed by atoms with van der Waals surface area (Å²) in [6, 6.07) is -1.38. The Balaban J connectivity index is 2.22. The van der Waals surface area contributed by atoms with Gasteiger partial charge in [0.2, 0.25) is 23.6 Å². The molecule has 0 aromatic carbocycles. The maximum Gasteiger partial charge on any atom is 0.246 e. The molecule has 0 bridgehead atoms. The Kier molecular flexibility index (Phi) is 28.5. The van der Waals surface area contributed by atoms with Crippen molar-refractivity contribution in [2.75, 3.05) is 46.6 Å². The second-order valence-corrected chi connectivity index (χ2v) is 13.1. The van der Waals surface area contributed by atoms with Gasteiger partial charge in [0, 0.05) is 32.6 Å². The number of aliphatic hydroxyl groups is 1. The second kappa shape index (κ2) is 31.6. The molecule has 0 radical (unpaired) electrons. The van der Waals surface area contributed by atoms with E-state index in [0.29, 0.717) is 18.5 Å². The number of H-pyrrole nitrogens is 1. The highest BCUT2D eigenvalue weighted by Gasteiger charge is 2.23. The minimum Gasteiger partial charge on any atom is -0.377 e. The van der Waals surface area contributed by atoms with E-state index in [-0.39, 0.29) is 69.6 Å². The van der Waals surface area contributed by atoms with E-state index in [9.17, 15) is 24.3 Å². The number of carbonyl (C=O) groups excluding carboxylic acids is 4. The van der Waals surface area contributed by atoms with E-state index in [1.807, 2.05) is 6.92 Å². The van der Waals surface area contributed by atoms with Crippen LogP contribution in [0.5, 0.6) is 0 Å². The number of amides is 4. The van der Waals surface area contributed by atoms with Crippen molar-refractivity contribution >= 4 is 23.6 Å². The van der Waals surface area contributed by atoms with Crippen LogP contribution >= 0.6 is 0 Å². The van der Waals surface area contributed by atoms with Crippen molar-refractivity contribution in [1.82, 2.24) is 36.6 Å². The van der Waals surface area contributed by atoms with Gasteiger partial charge in [0.05, 0.1) is 44.4 Å². The van der Waals surface area contributed by atoms with Crippen LogP contribution in [0.1, 0.15) is 129 Å². The first-order chi connectivity index (χ1) is 24.8. The molecule has 14 heteroatoms. The highest BCUT2D eigenvalue weighted by molar-refractivity contribution is 5.87. The number of nitrogens with zero attached hydrogens (tertiary/aromatic N) is 1. The number of carbonyl (C=O) groups is 4. The van der Waals surface area contributed by atoms with Crippen molar-refractivity contribution in [2.24, 2.45) is 0 Å². The maximum atomic E-state index is 13.0. The summed E-state index contributed by atoms with van der Waals surface area (Å²) < 4.78 is 10.9. The quantitative estimate of drug-likeness (QED) is 0.0412. The lowest BCUT2D eigenvalue weighted by atomic mass is 10.0. The van der Waals surface area contributed by atoms with Gasteiger partial charge in [-0.25, -0.2) is 4.98 Å². The Hall–Kier alpha value is -3.07. The smallest absolute Gasteiger partial charge is 0.246 e. The van der Waals surface area contributed by atoms with Gasteiger partial charge < -0.3 is 40.8 Å². The monoisotopic (exact) mass is 724 g/mol. The van der Waals surface area contributed by atoms with Crippen LogP contribution in [0.2, 0.25) is 0 Å². The molecule has 1 heterocycles. The van der Waals surface area contributed by atoms with Gasteiger partial charge in [0.1, 0.15) is 18.9 Å². The summed E-state index contributed by atoms with van der Waals surface area (Å²) in [5.74, 6) is -1.07. The Labute approximate surface area is 306 Å². The first kappa shape index (κ1) is 46.0. The van der Waals surface area contributed by atoms with E-state index < -0.39 is 18.3 Å². The SMILES string of the molecule is CCCCCCCCCCCCCCCC(=O)NC[C@@H](O)N[C@@H](Cc1c[nH]cn1)C(=O)NCCOCCOCC(=O)N[C@@H](CCCC)C(=O)NC. The Bertz CT molecular complexity index is 1030. The number of likely N-dealkylation sites (N-methyl/N-ethyl adjacent to an activating group) is 1. The zero-order valence-corrected chi connectivity index (χ0v) is 31.7. The summed E-state index contributed by atoms with van der Waals surface area (Å²) >= 11 is 0. The molecule has 0 saturated carbocycles. The Morgan fingerprint density at radius 3 is 2.00 bits per heavy atom. The molecule has 0 aliphatic carbocycles.